The number of halogens is 3. The van der Waals surface area contributed by atoms with Gasteiger partial charge in [0, 0.05) is 6.08 Å². The standard InChI is InChI=1S/C28H22F3N3O3/c1-2-37-21-15-11-19(12-16-21)22(18-9-13-20(14-10-18)28(29,30)31)5-3-8-25(35)33-23-6-4-7-24-27(23)32-17-26(36)34-24/h3-17H,2H2,1H3,(H,33,35)(H,34,36)/b8-3+,22-5+. The average Bonchev–Trinajstić information content (AvgIpc) is 2.87. The van der Waals surface area contributed by atoms with Gasteiger partial charge in [0.25, 0.3) is 5.56 Å². The Hall–Kier alpha value is -4.66. The van der Waals surface area contributed by atoms with E-state index in [1.165, 1.54) is 24.3 Å². The van der Waals surface area contributed by atoms with Crippen LogP contribution in [0.25, 0.3) is 16.6 Å². The molecule has 0 bridgehead atoms. The second kappa shape index (κ2) is 10.9. The van der Waals surface area contributed by atoms with E-state index in [-0.39, 0.29) is 5.56 Å². The Kier molecular flexibility index (Phi) is 7.52. The maximum Gasteiger partial charge on any atom is 0.416 e. The summed E-state index contributed by atoms with van der Waals surface area (Å²) in [5.41, 5.74) is 2.12. The number of benzene rings is 3. The molecule has 0 aliphatic carbocycles. The van der Waals surface area contributed by atoms with Crippen LogP contribution >= 0.6 is 0 Å². The van der Waals surface area contributed by atoms with E-state index < -0.39 is 17.6 Å². The van der Waals surface area contributed by atoms with Gasteiger partial charge in [-0.2, -0.15) is 13.2 Å². The number of alkyl halides is 3. The summed E-state index contributed by atoms with van der Waals surface area (Å²) in [6.07, 6.45) is 1.14. The molecule has 1 amide bonds. The highest BCUT2D eigenvalue weighted by Crippen LogP contribution is 2.32. The molecule has 0 saturated heterocycles. The van der Waals surface area contributed by atoms with E-state index in [1.54, 1.807) is 48.5 Å². The Morgan fingerprint density at radius 2 is 1.70 bits per heavy atom. The van der Waals surface area contributed by atoms with Crippen LogP contribution in [0.15, 0.2) is 95.9 Å². The zero-order valence-electron chi connectivity index (χ0n) is 19.7. The largest absolute Gasteiger partial charge is 0.494 e. The molecular formula is C28H22F3N3O3. The smallest absolute Gasteiger partial charge is 0.416 e. The number of para-hydroxylation sites is 1. The number of ether oxygens (including phenoxy) is 1. The molecule has 0 spiro atoms. The fourth-order valence-electron chi connectivity index (χ4n) is 3.67. The number of rotatable bonds is 7. The molecule has 0 radical (unpaired) electrons. The minimum absolute atomic E-state index is 0.355. The minimum atomic E-state index is -4.44. The number of H-pyrrole nitrogens is 1. The van der Waals surface area contributed by atoms with Gasteiger partial charge in [-0.05, 0) is 60.0 Å². The molecule has 2 N–H and O–H groups in total. The van der Waals surface area contributed by atoms with Gasteiger partial charge in [-0.3, -0.25) is 9.59 Å². The first-order valence-corrected chi connectivity index (χ1v) is 11.3. The quantitative estimate of drug-likeness (QED) is 0.240. The highest BCUT2D eigenvalue weighted by Gasteiger charge is 2.30. The fourth-order valence-corrected chi connectivity index (χ4v) is 3.67. The summed E-state index contributed by atoms with van der Waals surface area (Å²) >= 11 is 0. The fraction of sp³-hybridized carbons (Fsp3) is 0.107. The van der Waals surface area contributed by atoms with Crippen molar-refractivity contribution in [3.05, 3.63) is 118 Å². The first-order chi connectivity index (χ1) is 17.7. The van der Waals surface area contributed by atoms with Crippen molar-refractivity contribution in [1.29, 1.82) is 0 Å². The molecule has 9 heteroatoms. The molecule has 188 valence electrons. The molecule has 6 nitrogen and oxygen atoms in total. The molecule has 0 aliphatic rings. The number of amides is 1. The van der Waals surface area contributed by atoms with Gasteiger partial charge < -0.3 is 15.0 Å². The number of hydrogen-bond acceptors (Lipinski definition) is 4. The van der Waals surface area contributed by atoms with Gasteiger partial charge >= 0.3 is 6.18 Å². The van der Waals surface area contributed by atoms with E-state index >= 15 is 0 Å². The van der Waals surface area contributed by atoms with Crippen LogP contribution in [-0.4, -0.2) is 22.5 Å². The van der Waals surface area contributed by atoms with Crippen LogP contribution in [0.5, 0.6) is 5.75 Å². The van der Waals surface area contributed by atoms with Gasteiger partial charge in [0.2, 0.25) is 5.91 Å². The zero-order valence-corrected chi connectivity index (χ0v) is 19.7. The number of aromatic nitrogens is 2. The molecule has 4 aromatic rings. The van der Waals surface area contributed by atoms with Crippen molar-refractivity contribution < 1.29 is 22.7 Å². The van der Waals surface area contributed by atoms with E-state index in [0.29, 0.717) is 40.2 Å². The van der Waals surface area contributed by atoms with Crippen LogP contribution in [0, 0.1) is 0 Å². The van der Waals surface area contributed by atoms with E-state index in [0.717, 1.165) is 23.9 Å². The lowest BCUT2D eigenvalue weighted by Gasteiger charge is -2.12. The predicted octanol–water partition coefficient (Wildman–Crippen LogP) is 5.97. The molecule has 0 atom stereocenters. The molecule has 1 heterocycles. The number of aromatic amines is 1. The maximum atomic E-state index is 13.0. The Labute approximate surface area is 210 Å². The van der Waals surface area contributed by atoms with Gasteiger partial charge in [0.15, 0.2) is 0 Å². The van der Waals surface area contributed by atoms with Crippen molar-refractivity contribution in [2.45, 2.75) is 13.1 Å². The van der Waals surface area contributed by atoms with Crippen LogP contribution < -0.4 is 15.6 Å². The van der Waals surface area contributed by atoms with Crippen molar-refractivity contribution >= 4 is 28.2 Å². The molecular weight excluding hydrogens is 483 g/mol. The van der Waals surface area contributed by atoms with E-state index in [9.17, 15) is 22.8 Å². The predicted molar refractivity (Wildman–Crippen MR) is 136 cm³/mol. The summed E-state index contributed by atoms with van der Waals surface area (Å²) in [6, 6.07) is 17.0. The van der Waals surface area contributed by atoms with Crippen molar-refractivity contribution in [2.75, 3.05) is 11.9 Å². The number of carbonyl (C=O) groups is 1. The number of anilines is 1. The normalized spacial score (nSPS) is 12.2. The third-order valence-electron chi connectivity index (χ3n) is 5.37. The second-order valence-corrected chi connectivity index (χ2v) is 7.91. The Morgan fingerprint density at radius 3 is 2.35 bits per heavy atom. The minimum Gasteiger partial charge on any atom is -0.494 e. The van der Waals surface area contributed by atoms with Crippen molar-refractivity contribution in [1.82, 2.24) is 9.97 Å². The summed E-state index contributed by atoms with van der Waals surface area (Å²) in [6.45, 7) is 2.37. The van der Waals surface area contributed by atoms with Gasteiger partial charge in [-0.25, -0.2) is 4.98 Å². The zero-order chi connectivity index (χ0) is 26.4. The Balaban J connectivity index is 1.61. The molecule has 0 fully saturated rings. The van der Waals surface area contributed by atoms with E-state index in [1.807, 2.05) is 6.92 Å². The van der Waals surface area contributed by atoms with Crippen LogP contribution in [0.4, 0.5) is 18.9 Å². The number of carbonyl (C=O) groups excluding carboxylic acids is 1. The number of nitrogens with one attached hydrogen (secondary N) is 2. The lowest BCUT2D eigenvalue weighted by atomic mass is 9.96. The molecule has 4 rings (SSSR count). The third kappa shape index (κ3) is 6.32. The van der Waals surface area contributed by atoms with E-state index in [2.05, 4.69) is 15.3 Å². The summed E-state index contributed by atoms with van der Waals surface area (Å²) in [4.78, 5) is 30.8. The average molecular weight is 505 g/mol. The number of nitrogens with zero attached hydrogens (tertiary/aromatic N) is 1. The monoisotopic (exact) mass is 505 g/mol. The molecule has 37 heavy (non-hydrogen) atoms. The number of hydrogen-bond donors (Lipinski definition) is 2. The topological polar surface area (TPSA) is 84.1 Å². The van der Waals surface area contributed by atoms with Crippen LogP contribution in [0.3, 0.4) is 0 Å². The van der Waals surface area contributed by atoms with E-state index in [4.69, 9.17) is 4.74 Å². The molecule has 0 saturated carbocycles. The van der Waals surface area contributed by atoms with Crippen LogP contribution in [0.2, 0.25) is 0 Å². The van der Waals surface area contributed by atoms with Crippen molar-refractivity contribution in [2.24, 2.45) is 0 Å². The lowest BCUT2D eigenvalue weighted by Crippen LogP contribution is -2.10. The first-order valence-electron chi connectivity index (χ1n) is 11.3. The van der Waals surface area contributed by atoms with Crippen LogP contribution in [-0.2, 0) is 11.0 Å². The summed E-state index contributed by atoms with van der Waals surface area (Å²) < 4.78 is 44.6. The highest BCUT2D eigenvalue weighted by atomic mass is 19.4. The lowest BCUT2D eigenvalue weighted by molar-refractivity contribution is -0.137. The highest BCUT2D eigenvalue weighted by molar-refractivity contribution is 6.04. The van der Waals surface area contributed by atoms with Crippen molar-refractivity contribution in [3.8, 4) is 5.75 Å². The van der Waals surface area contributed by atoms with Crippen LogP contribution in [0.1, 0.15) is 23.6 Å². The van der Waals surface area contributed by atoms with Gasteiger partial charge in [0.1, 0.15) is 11.3 Å². The molecule has 1 aromatic heterocycles. The second-order valence-electron chi connectivity index (χ2n) is 7.91. The van der Waals surface area contributed by atoms with Gasteiger partial charge in [-0.1, -0.05) is 42.5 Å². The number of fused-ring (bicyclic) bond motifs is 1. The maximum absolute atomic E-state index is 13.0. The Morgan fingerprint density at radius 1 is 1.03 bits per heavy atom. The summed E-state index contributed by atoms with van der Waals surface area (Å²) in [5, 5.41) is 2.72. The molecule has 0 aliphatic heterocycles. The first kappa shape index (κ1) is 25.4. The molecule has 3 aromatic carbocycles. The summed E-state index contributed by atoms with van der Waals surface area (Å²) in [7, 11) is 0. The Bertz CT molecular complexity index is 1520. The molecule has 0 unspecified atom stereocenters. The van der Waals surface area contributed by atoms with Gasteiger partial charge in [0.05, 0.1) is 29.6 Å². The summed E-state index contributed by atoms with van der Waals surface area (Å²) in [5.74, 6) is 0.216. The number of allylic oxidation sites excluding steroid dienone is 2. The van der Waals surface area contributed by atoms with Gasteiger partial charge in [-0.15, -0.1) is 0 Å². The third-order valence-corrected chi connectivity index (χ3v) is 5.37. The van der Waals surface area contributed by atoms with Crippen molar-refractivity contribution in [3.63, 3.8) is 0 Å². The SMILES string of the molecule is CCOc1ccc(/C(=C/C=C/C(=O)Nc2cccc3[nH]c(=O)cnc23)c2ccc(C(F)(F)F)cc2)cc1.